The molecule has 1 aromatic heterocycles. The van der Waals surface area contributed by atoms with Crippen molar-refractivity contribution in [2.75, 3.05) is 0 Å². The number of nitrogens with zero attached hydrogens (tertiary/aromatic N) is 2. The lowest BCUT2D eigenvalue weighted by Gasteiger charge is -2.21. The van der Waals surface area contributed by atoms with Crippen molar-refractivity contribution in [3.05, 3.63) is 59.4 Å². The fourth-order valence-electron chi connectivity index (χ4n) is 3.24. The predicted octanol–water partition coefficient (Wildman–Crippen LogP) is 4.78. The average Bonchev–Trinajstić information content (AvgIpc) is 2.99. The van der Waals surface area contributed by atoms with E-state index >= 15 is 0 Å². The minimum atomic E-state index is -3.69. The third-order valence-corrected chi connectivity index (χ3v) is 6.18. The summed E-state index contributed by atoms with van der Waals surface area (Å²) in [6.07, 6.45) is 0.649. The van der Waals surface area contributed by atoms with Gasteiger partial charge in [0, 0.05) is 11.6 Å². The standard InChI is InChI=1S/C20H24ClN3O2S/c1-4-24-19-8-6-5-7-17(19)22-20(24)18(13-14(2)3)23-27(25,26)16-11-9-15(21)10-12-16/h5-12,14,18,23H,4,13H2,1-3H3. The second-order valence-electron chi connectivity index (χ2n) is 6.96. The van der Waals surface area contributed by atoms with Gasteiger partial charge >= 0.3 is 0 Å². The zero-order valence-electron chi connectivity index (χ0n) is 15.7. The highest BCUT2D eigenvalue weighted by atomic mass is 35.5. The second-order valence-corrected chi connectivity index (χ2v) is 9.11. The highest BCUT2D eigenvalue weighted by Crippen LogP contribution is 2.27. The third-order valence-electron chi connectivity index (χ3n) is 4.44. The molecule has 5 nitrogen and oxygen atoms in total. The minimum absolute atomic E-state index is 0.194. The van der Waals surface area contributed by atoms with Crippen molar-refractivity contribution < 1.29 is 8.42 Å². The lowest BCUT2D eigenvalue weighted by atomic mass is 10.0. The molecule has 0 amide bonds. The number of hydrogen-bond acceptors (Lipinski definition) is 3. The lowest BCUT2D eigenvalue weighted by molar-refractivity contribution is 0.445. The summed E-state index contributed by atoms with van der Waals surface area (Å²) < 4.78 is 30.8. The van der Waals surface area contributed by atoms with Crippen LogP contribution in [0.1, 0.15) is 39.1 Å². The number of aromatic nitrogens is 2. The zero-order valence-corrected chi connectivity index (χ0v) is 17.3. The number of hydrogen-bond donors (Lipinski definition) is 1. The molecule has 1 N–H and O–H groups in total. The monoisotopic (exact) mass is 405 g/mol. The molecule has 0 aliphatic rings. The number of fused-ring (bicyclic) bond motifs is 1. The summed E-state index contributed by atoms with van der Waals surface area (Å²) in [5.74, 6) is 1.04. The maximum Gasteiger partial charge on any atom is 0.241 e. The Kier molecular flexibility index (Phi) is 5.89. The first-order chi connectivity index (χ1) is 12.8. The Morgan fingerprint density at radius 2 is 1.78 bits per heavy atom. The van der Waals surface area contributed by atoms with Crippen molar-refractivity contribution >= 4 is 32.7 Å². The van der Waals surface area contributed by atoms with Gasteiger partial charge < -0.3 is 4.57 Å². The molecule has 0 saturated heterocycles. The summed E-state index contributed by atoms with van der Waals surface area (Å²) in [7, 11) is -3.69. The molecule has 27 heavy (non-hydrogen) atoms. The van der Waals surface area contributed by atoms with Gasteiger partial charge in [0.1, 0.15) is 5.82 Å². The summed E-state index contributed by atoms with van der Waals surface area (Å²) in [4.78, 5) is 4.94. The third kappa shape index (κ3) is 4.34. The summed E-state index contributed by atoms with van der Waals surface area (Å²) in [5, 5.41) is 0.500. The SMILES string of the molecule is CCn1c(C(CC(C)C)NS(=O)(=O)c2ccc(Cl)cc2)nc2ccccc21. The Labute approximate surface area is 165 Å². The first-order valence-electron chi connectivity index (χ1n) is 9.05. The number of benzene rings is 2. The van der Waals surface area contributed by atoms with E-state index in [9.17, 15) is 8.42 Å². The van der Waals surface area contributed by atoms with Gasteiger partial charge in [-0.2, -0.15) is 0 Å². The van der Waals surface area contributed by atoms with Gasteiger partial charge in [0.05, 0.1) is 22.0 Å². The Morgan fingerprint density at radius 3 is 2.41 bits per heavy atom. The summed E-state index contributed by atoms with van der Waals surface area (Å²) >= 11 is 5.89. The van der Waals surface area contributed by atoms with Gasteiger partial charge in [-0.05, 0) is 55.7 Å². The molecule has 7 heteroatoms. The van der Waals surface area contributed by atoms with E-state index in [1.807, 2.05) is 31.2 Å². The zero-order chi connectivity index (χ0) is 19.6. The quantitative estimate of drug-likeness (QED) is 0.615. The van der Waals surface area contributed by atoms with E-state index < -0.39 is 16.1 Å². The van der Waals surface area contributed by atoms with Crippen LogP contribution in [0.25, 0.3) is 11.0 Å². The summed E-state index contributed by atoms with van der Waals surface area (Å²) in [6, 6.07) is 13.6. The van der Waals surface area contributed by atoms with E-state index in [1.165, 1.54) is 12.1 Å². The molecule has 0 spiro atoms. The topological polar surface area (TPSA) is 64.0 Å². The second kappa shape index (κ2) is 8.00. The number of imidazole rings is 1. The molecule has 0 bridgehead atoms. The molecule has 3 rings (SSSR count). The first kappa shape index (κ1) is 19.9. The van der Waals surface area contributed by atoms with Crippen LogP contribution in [0.5, 0.6) is 0 Å². The van der Waals surface area contributed by atoms with Gasteiger partial charge in [-0.3, -0.25) is 0 Å². The minimum Gasteiger partial charge on any atom is -0.327 e. The van der Waals surface area contributed by atoms with Crippen molar-refractivity contribution in [3.8, 4) is 0 Å². The molecular formula is C20H24ClN3O2S. The highest BCUT2D eigenvalue weighted by molar-refractivity contribution is 7.89. The van der Waals surface area contributed by atoms with Crippen LogP contribution in [0.4, 0.5) is 0 Å². The average molecular weight is 406 g/mol. The van der Waals surface area contributed by atoms with E-state index in [2.05, 4.69) is 23.1 Å². The van der Waals surface area contributed by atoms with Crippen molar-refractivity contribution in [1.29, 1.82) is 0 Å². The number of sulfonamides is 1. The number of rotatable bonds is 7. The van der Waals surface area contributed by atoms with Crippen LogP contribution < -0.4 is 4.72 Å². The molecule has 1 atom stereocenters. The fraction of sp³-hybridized carbons (Fsp3) is 0.350. The van der Waals surface area contributed by atoms with Gasteiger partial charge in [-0.15, -0.1) is 0 Å². The van der Waals surface area contributed by atoms with Crippen LogP contribution in [0.3, 0.4) is 0 Å². The maximum absolute atomic E-state index is 12.9. The van der Waals surface area contributed by atoms with Crippen LogP contribution >= 0.6 is 11.6 Å². The van der Waals surface area contributed by atoms with E-state index in [4.69, 9.17) is 16.6 Å². The molecule has 1 heterocycles. The van der Waals surface area contributed by atoms with Crippen LogP contribution in [0.15, 0.2) is 53.4 Å². The van der Waals surface area contributed by atoms with Gasteiger partial charge in [0.15, 0.2) is 0 Å². The molecule has 144 valence electrons. The highest BCUT2D eigenvalue weighted by Gasteiger charge is 2.26. The van der Waals surface area contributed by atoms with E-state index in [-0.39, 0.29) is 4.90 Å². The maximum atomic E-state index is 12.9. The van der Waals surface area contributed by atoms with Crippen molar-refractivity contribution in [3.63, 3.8) is 0 Å². The Morgan fingerprint density at radius 1 is 1.11 bits per heavy atom. The van der Waals surface area contributed by atoms with Crippen molar-refractivity contribution in [1.82, 2.24) is 14.3 Å². The number of halogens is 1. The molecule has 0 aliphatic heterocycles. The van der Waals surface area contributed by atoms with Crippen LogP contribution in [0, 0.1) is 5.92 Å². The van der Waals surface area contributed by atoms with E-state index in [1.54, 1.807) is 12.1 Å². The normalized spacial score (nSPS) is 13.4. The van der Waals surface area contributed by atoms with E-state index in [0.717, 1.165) is 16.9 Å². The molecule has 0 fully saturated rings. The molecule has 0 aliphatic carbocycles. The fourth-order valence-corrected chi connectivity index (χ4v) is 4.57. The smallest absolute Gasteiger partial charge is 0.241 e. The van der Waals surface area contributed by atoms with Crippen LogP contribution in [-0.2, 0) is 16.6 Å². The molecule has 1 unspecified atom stereocenters. The van der Waals surface area contributed by atoms with Crippen molar-refractivity contribution in [2.24, 2.45) is 5.92 Å². The lowest BCUT2D eigenvalue weighted by Crippen LogP contribution is -2.31. The predicted molar refractivity (Wildman–Crippen MR) is 109 cm³/mol. The van der Waals surface area contributed by atoms with Gasteiger partial charge in [-0.1, -0.05) is 37.6 Å². The number of aryl methyl sites for hydroxylation is 1. The van der Waals surface area contributed by atoms with Gasteiger partial charge in [0.2, 0.25) is 10.0 Å². The molecule has 2 aromatic carbocycles. The Hall–Kier alpha value is -1.89. The van der Waals surface area contributed by atoms with Crippen LogP contribution in [0.2, 0.25) is 5.02 Å². The van der Waals surface area contributed by atoms with Crippen molar-refractivity contribution in [2.45, 2.75) is 44.7 Å². The van der Waals surface area contributed by atoms with Gasteiger partial charge in [0.25, 0.3) is 0 Å². The summed E-state index contributed by atoms with van der Waals surface area (Å²) in [5.41, 5.74) is 1.88. The summed E-state index contributed by atoms with van der Waals surface area (Å²) in [6.45, 7) is 6.90. The molecule has 0 radical (unpaired) electrons. The molecular weight excluding hydrogens is 382 g/mol. The Bertz CT molecular complexity index is 1030. The number of nitrogens with one attached hydrogen (secondary N) is 1. The largest absolute Gasteiger partial charge is 0.327 e. The van der Waals surface area contributed by atoms with Crippen LogP contribution in [-0.4, -0.2) is 18.0 Å². The molecule has 0 saturated carbocycles. The van der Waals surface area contributed by atoms with Gasteiger partial charge in [-0.25, -0.2) is 18.1 Å². The molecule has 3 aromatic rings. The Balaban J connectivity index is 2.03. The number of para-hydroxylation sites is 2. The van der Waals surface area contributed by atoms with E-state index in [0.29, 0.717) is 23.9 Å². The first-order valence-corrected chi connectivity index (χ1v) is 10.9.